The zero-order valence-corrected chi connectivity index (χ0v) is 12.3. The van der Waals surface area contributed by atoms with Gasteiger partial charge in [-0.1, -0.05) is 11.8 Å². The third kappa shape index (κ3) is 3.71. The first-order valence-corrected chi connectivity index (χ1v) is 7.55. The predicted octanol–water partition coefficient (Wildman–Crippen LogP) is 3.15. The van der Waals surface area contributed by atoms with E-state index in [1.807, 2.05) is 31.4 Å². The monoisotopic (exact) mass is 293 g/mol. The fraction of sp³-hybridized carbons (Fsp3) is 0.231. The van der Waals surface area contributed by atoms with Gasteiger partial charge in [0.15, 0.2) is 4.34 Å². The lowest BCUT2D eigenvalue weighted by Gasteiger charge is -2.12. The highest BCUT2D eigenvalue weighted by Gasteiger charge is 2.16. The molecule has 0 fully saturated rings. The second kappa shape index (κ2) is 6.08. The lowest BCUT2D eigenvalue weighted by Crippen LogP contribution is -2.22. The molecule has 0 radical (unpaired) electrons. The van der Waals surface area contributed by atoms with Crippen molar-refractivity contribution in [2.75, 3.05) is 11.1 Å². The Bertz CT molecular complexity index is 569. The molecule has 1 heterocycles. The van der Waals surface area contributed by atoms with Gasteiger partial charge >= 0.3 is 0 Å². The molecular formula is C13H15N3OS2. The summed E-state index contributed by atoms with van der Waals surface area (Å²) in [6.07, 6.45) is 1.74. The van der Waals surface area contributed by atoms with E-state index in [0.717, 1.165) is 15.6 Å². The molecule has 0 saturated carbocycles. The minimum atomic E-state index is -0.192. The number of nitrogens with two attached hydrogens (primary N) is 1. The molecule has 1 aromatic heterocycles. The number of nitrogens with zero attached hydrogens (tertiary/aromatic N) is 1. The van der Waals surface area contributed by atoms with Crippen molar-refractivity contribution in [3.05, 3.63) is 35.3 Å². The van der Waals surface area contributed by atoms with Crippen LogP contribution in [-0.4, -0.2) is 16.1 Å². The van der Waals surface area contributed by atoms with Gasteiger partial charge in [0.25, 0.3) is 0 Å². The summed E-state index contributed by atoms with van der Waals surface area (Å²) in [7, 11) is 0. The normalized spacial score (nSPS) is 12.1. The molecule has 2 rings (SSSR count). The van der Waals surface area contributed by atoms with Gasteiger partial charge in [-0.05, 0) is 37.6 Å². The quantitative estimate of drug-likeness (QED) is 0.671. The number of aryl methyl sites for hydroxylation is 1. The molecule has 1 unspecified atom stereocenters. The molecule has 0 bridgehead atoms. The molecular weight excluding hydrogens is 278 g/mol. The molecule has 2 aromatic rings. The molecule has 1 atom stereocenters. The van der Waals surface area contributed by atoms with Crippen LogP contribution in [0.5, 0.6) is 0 Å². The number of amides is 1. The lowest BCUT2D eigenvalue weighted by atomic mass is 10.2. The first-order valence-electron chi connectivity index (χ1n) is 5.79. The summed E-state index contributed by atoms with van der Waals surface area (Å²) in [5, 5.41) is 4.62. The Morgan fingerprint density at radius 1 is 1.53 bits per heavy atom. The largest absolute Gasteiger partial charge is 0.399 e. The number of rotatable bonds is 4. The summed E-state index contributed by atoms with van der Waals surface area (Å²) < 4.78 is 0.900. The molecule has 19 heavy (non-hydrogen) atoms. The topological polar surface area (TPSA) is 68.0 Å². The number of carbonyl (C=O) groups excluding carboxylic acids is 1. The van der Waals surface area contributed by atoms with E-state index in [-0.39, 0.29) is 11.2 Å². The van der Waals surface area contributed by atoms with Crippen LogP contribution >= 0.6 is 23.1 Å². The van der Waals surface area contributed by atoms with Gasteiger partial charge in [-0.25, -0.2) is 4.98 Å². The van der Waals surface area contributed by atoms with Crippen molar-refractivity contribution < 1.29 is 4.79 Å². The molecule has 0 aliphatic rings. The standard InChI is InChI=1S/C13H15N3OS2/c1-8-7-10(14)3-4-11(8)16-12(17)9(2)19-13-15-5-6-18-13/h3-7,9H,14H2,1-2H3,(H,16,17). The zero-order chi connectivity index (χ0) is 13.8. The number of nitrogens with one attached hydrogen (secondary N) is 1. The summed E-state index contributed by atoms with van der Waals surface area (Å²) in [6, 6.07) is 5.44. The van der Waals surface area contributed by atoms with E-state index in [1.54, 1.807) is 12.3 Å². The van der Waals surface area contributed by atoms with Crippen LogP contribution in [0, 0.1) is 6.92 Å². The number of anilines is 2. The van der Waals surface area contributed by atoms with Crippen molar-refractivity contribution in [1.82, 2.24) is 4.98 Å². The Morgan fingerprint density at radius 3 is 2.95 bits per heavy atom. The molecule has 1 aromatic carbocycles. The van der Waals surface area contributed by atoms with E-state index >= 15 is 0 Å². The van der Waals surface area contributed by atoms with Gasteiger partial charge < -0.3 is 11.1 Å². The number of carbonyl (C=O) groups is 1. The number of thiazole rings is 1. The molecule has 0 saturated heterocycles. The van der Waals surface area contributed by atoms with Crippen LogP contribution in [0.3, 0.4) is 0 Å². The maximum atomic E-state index is 12.1. The summed E-state index contributed by atoms with van der Waals surface area (Å²) in [5.41, 5.74) is 8.14. The van der Waals surface area contributed by atoms with Crippen molar-refractivity contribution >= 4 is 40.4 Å². The second-order valence-electron chi connectivity index (χ2n) is 4.12. The summed E-state index contributed by atoms with van der Waals surface area (Å²) in [5.74, 6) is -0.0342. The SMILES string of the molecule is Cc1cc(N)ccc1NC(=O)C(C)Sc1nccs1. The average molecular weight is 293 g/mol. The van der Waals surface area contributed by atoms with E-state index in [9.17, 15) is 4.79 Å². The Morgan fingerprint density at radius 2 is 2.32 bits per heavy atom. The Hall–Kier alpha value is -1.53. The fourth-order valence-electron chi connectivity index (χ4n) is 1.53. The highest BCUT2D eigenvalue weighted by atomic mass is 32.2. The Balaban J connectivity index is 2.00. The van der Waals surface area contributed by atoms with Crippen molar-refractivity contribution in [2.24, 2.45) is 0 Å². The second-order valence-corrected chi connectivity index (χ2v) is 6.60. The van der Waals surface area contributed by atoms with E-state index in [2.05, 4.69) is 10.3 Å². The zero-order valence-electron chi connectivity index (χ0n) is 10.7. The van der Waals surface area contributed by atoms with Crippen LogP contribution in [0.1, 0.15) is 12.5 Å². The van der Waals surface area contributed by atoms with E-state index in [1.165, 1.54) is 23.1 Å². The Kier molecular flexibility index (Phi) is 4.44. The van der Waals surface area contributed by atoms with Crippen LogP contribution in [0.25, 0.3) is 0 Å². The average Bonchev–Trinajstić information content (AvgIpc) is 2.85. The van der Waals surface area contributed by atoms with Crippen molar-refractivity contribution in [2.45, 2.75) is 23.4 Å². The van der Waals surface area contributed by atoms with Crippen LogP contribution in [0.15, 0.2) is 34.1 Å². The van der Waals surface area contributed by atoms with E-state index in [4.69, 9.17) is 5.73 Å². The van der Waals surface area contributed by atoms with Gasteiger partial charge in [0, 0.05) is 23.0 Å². The number of hydrogen-bond donors (Lipinski definition) is 2. The van der Waals surface area contributed by atoms with Crippen LogP contribution < -0.4 is 11.1 Å². The first kappa shape index (κ1) is 13.9. The van der Waals surface area contributed by atoms with Crippen molar-refractivity contribution in [3.8, 4) is 0 Å². The molecule has 6 heteroatoms. The lowest BCUT2D eigenvalue weighted by molar-refractivity contribution is -0.115. The summed E-state index contributed by atoms with van der Waals surface area (Å²) in [6.45, 7) is 3.79. The molecule has 4 nitrogen and oxygen atoms in total. The summed E-state index contributed by atoms with van der Waals surface area (Å²) in [4.78, 5) is 16.2. The van der Waals surface area contributed by atoms with Gasteiger partial charge in [0.1, 0.15) is 0 Å². The molecule has 0 aliphatic heterocycles. The molecule has 0 spiro atoms. The third-order valence-electron chi connectivity index (χ3n) is 2.56. The van der Waals surface area contributed by atoms with Crippen LogP contribution in [-0.2, 0) is 4.79 Å². The molecule has 100 valence electrons. The smallest absolute Gasteiger partial charge is 0.237 e. The maximum absolute atomic E-state index is 12.1. The van der Waals surface area contributed by atoms with Gasteiger partial charge in [0.05, 0.1) is 5.25 Å². The van der Waals surface area contributed by atoms with Crippen LogP contribution in [0.2, 0.25) is 0 Å². The van der Waals surface area contributed by atoms with Crippen molar-refractivity contribution in [3.63, 3.8) is 0 Å². The first-order chi connectivity index (χ1) is 9.06. The van der Waals surface area contributed by atoms with E-state index in [0.29, 0.717) is 5.69 Å². The Labute approximate surface area is 120 Å². The van der Waals surface area contributed by atoms with E-state index < -0.39 is 0 Å². The fourth-order valence-corrected chi connectivity index (χ4v) is 3.31. The highest BCUT2D eigenvalue weighted by molar-refractivity contribution is 8.02. The molecule has 1 amide bonds. The number of aromatic nitrogens is 1. The maximum Gasteiger partial charge on any atom is 0.237 e. The third-order valence-corrected chi connectivity index (χ3v) is 4.58. The van der Waals surface area contributed by atoms with Crippen LogP contribution in [0.4, 0.5) is 11.4 Å². The van der Waals surface area contributed by atoms with Crippen molar-refractivity contribution in [1.29, 1.82) is 0 Å². The number of thioether (sulfide) groups is 1. The number of benzene rings is 1. The number of nitrogen functional groups attached to an aromatic ring is 1. The van der Waals surface area contributed by atoms with Gasteiger partial charge in [-0.15, -0.1) is 11.3 Å². The minimum absolute atomic E-state index is 0.0342. The molecule has 3 N–H and O–H groups in total. The number of hydrogen-bond acceptors (Lipinski definition) is 5. The summed E-state index contributed by atoms with van der Waals surface area (Å²) >= 11 is 2.99. The minimum Gasteiger partial charge on any atom is -0.399 e. The van der Waals surface area contributed by atoms with Gasteiger partial charge in [0.2, 0.25) is 5.91 Å². The molecule has 0 aliphatic carbocycles. The highest BCUT2D eigenvalue weighted by Crippen LogP contribution is 2.26. The van der Waals surface area contributed by atoms with Gasteiger partial charge in [-0.2, -0.15) is 0 Å². The van der Waals surface area contributed by atoms with Gasteiger partial charge in [-0.3, -0.25) is 4.79 Å². The predicted molar refractivity (Wildman–Crippen MR) is 81.7 cm³/mol.